The highest BCUT2D eigenvalue weighted by atomic mass is 19.1. The zero-order valence-corrected chi connectivity index (χ0v) is 16.4. The van der Waals surface area contributed by atoms with Crippen molar-refractivity contribution in [1.82, 2.24) is 10.3 Å². The normalized spacial score (nSPS) is 11.9. The molecule has 2 N–H and O–H groups in total. The lowest BCUT2D eigenvalue weighted by atomic mass is 10.1. The minimum atomic E-state index is -0.844. The Morgan fingerprint density at radius 3 is 2.66 bits per heavy atom. The second-order valence-electron chi connectivity index (χ2n) is 7.01. The van der Waals surface area contributed by atoms with Crippen LogP contribution in [-0.4, -0.2) is 29.5 Å². The number of hydrogen-bond donors (Lipinski definition) is 2. The minimum absolute atomic E-state index is 0.257. The van der Waals surface area contributed by atoms with Gasteiger partial charge in [-0.2, -0.15) is 0 Å². The van der Waals surface area contributed by atoms with Gasteiger partial charge in [-0.25, -0.2) is 4.39 Å². The van der Waals surface area contributed by atoms with Gasteiger partial charge in [-0.3, -0.25) is 9.59 Å². The number of carbonyl (C=O) groups excluding carboxylic acids is 2. The summed E-state index contributed by atoms with van der Waals surface area (Å²) < 4.78 is 18.1. The van der Waals surface area contributed by atoms with Crippen molar-refractivity contribution in [2.45, 2.75) is 38.7 Å². The monoisotopic (exact) mass is 396 g/mol. The van der Waals surface area contributed by atoms with Crippen LogP contribution < -0.4 is 5.32 Å². The van der Waals surface area contributed by atoms with Crippen LogP contribution in [0.5, 0.6) is 0 Å². The van der Waals surface area contributed by atoms with Crippen molar-refractivity contribution in [2.24, 2.45) is 0 Å². The van der Waals surface area contributed by atoms with Crippen molar-refractivity contribution in [2.75, 3.05) is 6.54 Å². The molecule has 1 atom stereocenters. The van der Waals surface area contributed by atoms with Crippen LogP contribution in [0.4, 0.5) is 4.39 Å². The number of rotatable bonds is 9. The van der Waals surface area contributed by atoms with E-state index in [1.807, 2.05) is 24.4 Å². The van der Waals surface area contributed by atoms with Crippen molar-refractivity contribution < 1.29 is 18.7 Å². The molecule has 1 heterocycles. The van der Waals surface area contributed by atoms with Crippen LogP contribution in [0.15, 0.2) is 54.7 Å². The number of hydrogen-bond acceptors (Lipinski definition) is 3. The van der Waals surface area contributed by atoms with Gasteiger partial charge in [-0.05, 0) is 55.5 Å². The first kappa shape index (κ1) is 20.6. The molecular weight excluding hydrogens is 371 g/mol. The van der Waals surface area contributed by atoms with Gasteiger partial charge in [-0.1, -0.05) is 30.3 Å². The maximum absolute atomic E-state index is 12.9. The number of benzene rings is 2. The number of aromatic nitrogens is 1. The van der Waals surface area contributed by atoms with E-state index in [1.54, 1.807) is 19.1 Å². The van der Waals surface area contributed by atoms with E-state index in [-0.39, 0.29) is 24.1 Å². The number of aryl methyl sites for hydroxylation is 1. The molecule has 0 fully saturated rings. The lowest BCUT2D eigenvalue weighted by Crippen LogP contribution is -2.36. The van der Waals surface area contributed by atoms with E-state index in [0.717, 1.165) is 22.9 Å². The minimum Gasteiger partial charge on any atom is -0.453 e. The van der Waals surface area contributed by atoms with Crippen molar-refractivity contribution in [1.29, 1.82) is 0 Å². The summed E-state index contributed by atoms with van der Waals surface area (Å²) in [6, 6.07) is 14.2. The Balaban J connectivity index is 1.35. The second-order valence-corrected chi connectivity index (χ2v) is 7.01. The summed E-state index contributed by atoms with van der Waals surface area (Å²) in [4.78, 5) is 27.3. The molecule has 0 saturated heterocycles. The van der Waals surface area contributed by atoms with Crippen LogP contribution in [0, 0.1) is 5.82 Å². The summed E-state index contributed by atoms with van der Waals surface area (Å²) >= 11 is 0. The quantitative estimate of drug-likeness (QED) is 0.539. The van der Waals surface area contributed by atoms with E-state index < -0.39 is 6.10 Å². The third kappa shape index (κ3) is 5.91. The van der Waals surface area contributed by atoms with E-state index in [4.69, 9.17) is 4.74 Å². The molecule has 152 valence electrons. The van der Waals surface area contributed by atoms with E-state index in [2.05, 4.69) is 16.4 Å². The van der Waals surface area contributed by atoms with Gasteiger partial charge in [0, 0.05) is 30.1 Å². The summed E-state index contributed by atoms with van der Waals surface area (Å²) in [5.74, 6) is -1.01. The molecule has 1 aromatic heterocycles. The highest BCUT2D eigenvalue weighted by Crippen LogP contribution is 2.19. The number of nitrogens with one attached hydrogen (secondary N) is 2. The van der Waals surface area contributed by atoms with Crippen molar-refractivity contribution in [3.05, 3.63) is 71.7 Å². The molecule has 2 aromatic carbocycles. The largest absolute Gasteiger partial charge is 0.453 e. The predicted octanol–water partition coefficient (Wildman–Crippen LogP) is 3.92. The number of H-pyrrole nitrogens is 1. The Kier molecular flexibility index (Phi) is 7.00. The fourth-order valence-corrected chi connectivity index (χ4v) is 3.20. The van der Waals surface area contributed by atoms with Crippen LogP contribution >= 0.6 is 0 Å². The van der Waals surface area contributed by atoms with Crippen molar-refractivity contribution >= 4 is 22.8 Å². The average molecular weight is 396 g/mol. The Labute approximate surface area is 169 Å². The van der Waals surface area contributed by atoms with E-state index >= 15 is 0 Å². The number of amides is 1. The summed E-state index contributed by atoms with van der Waals surface area (Å²) in [5.41, 5.74) is 3.17. The number of aromatic amines is 1. The molecule has 0 unspecified atom stereocenters. The topological polar surface area (TPSA) is 71.2 Å². The third-order valence-electron chi connectivity index (χ3n) is 4.81. The molecule has 0 saturated carbocycles. The number of carbonyl (C=O) groups is 2. The molecule has 6 heteroatoms. The number of ether oxygens (including phenoxy) is 1. The van der Waals surface area contributed by atoms with E-state index in [0.29, 0.717) is 19.4 Å². The molecule has 5 nitrogen and oxygen atoms in total. The molecular formula is C23H25FN2O3. The van der Waals surface area contributed by atoms with Crippen LogP contribution in [0.3, 0.4) is 0 Å². The fourth-order valence-electron chi connectivity index (χ4n) is 3.20. The average Bonchev–Trinajstić information content (AvgIpc) is 3.12. The first-order chi connectivity index (χ1) is 14.0. The van der Waals surface area contributed by atoms with Gasteiger partial charge in [-0.15, -0.1) is 0 Å². The standard InChI is InChI=1S/C23H25FN2O3/c1-16(23(28)25-14-13-17-9-11-19(24)12-10-17)29-22(27)8-4-5-18-15-26-21-7-3-2-6-20(18)21/h2-3,6-7,9-12,15-16,26H,4-5,8,13-14H2,1H3,(H,25,28)/t16-/m0/s1. The summed E-state index contributed by atoms with van der Waals surface area (Å²) in [6.45, 7) is 1.96. The number of esters is 1. The van der Waals surface area contributed by atoms with E-state index in [1.165, 1.54) is 17.7 Å². The fraction of sp³-hybridized carbons (Fsp3) is 0.304. The Hall–Kier alpha value is -3.15. The van der Waals surface area contributed by atoms with Crippen LogP contribution in [0.2, 0.25) is 0 Å². The van der Waals surface area contributed by atoms with Gasteiger partial charge in [0.05, 0.1) is 0 Å². The first-order valence-corrected chi connectivity index (χ1v) is 9.79. The maximum atomic E-state index is 12.9. The van der Waals surface area contributed by atoms with Crippen LogP contribution in [0.25, 0.3) is 10.9 Å². The molecule has 3 aromatic rings. The Morgan fingerprint density at radius 1 is 1.10 bits per heavy atom. The molecule has 0 bridgehead atoms. The van der Waals surface area contributed by atoms with Gasteiger partial charge in [0.15, 0.2) is 6.10 Å². The molecule has 3 rings (SSSR count). The van der Waals surface area contributed by atoms with Gasteiger partial charge in [0.1, 0.15) is 5.82 Å². The molecule has 0 aliphatic rings. The number of halogens is 1. The lowest BCUT2D eigenvalue weighted by molar-refractivity contribution is -0.154. The highest BCUT2D eigenvalue weighted by Gasteiger charge is 2.17. The van der Waals surface area contributed by atoms with Gasteiger partial charge >= 0.3 is 5.97 Å². The number of para-hydroxylation sites is 1. The smallest absolute Gasteiger partial charge is 0.306 e. The molecule has 0 aliphatic carbocycles. The van der Waals surface area contributed by atoms with E-state index in [9.17, 15) is 14.0 Å². The Bertz CT molecular complexity index is 966. The SMILES string of the molecule is C[C@H](OC(=O)CCCc1c[nH]c2ccccc12)C(=O)NCCc1ccc(F)cc1. The first-order valence-electron chi connectivity index (χ1n) is 9.79. The zero-order valence-electron chi connectivity index (χ0n) is 16.4. The second kappa shape index (κ2) is 9.87. The van der Waals surface area contributed by atoms with Gasteiger partial charge in [0.25, 0.3) is 5.91 Å². The van der Waals surface area contributed by atoms with Gasteiger partial charge in [0.2, 0.25) is 0 Å². The molecule has 0 spiro atoms. The van der Waals surface area contributed by atoms with Crippen LogP contribution in [-0.2, 0) is 27.2 Å². The van der Waals surface area contributed by atoms with Crippen molar-refractivity contribution in [3.8, 4) is 0 Å². The third-order valence-corrected chi connectivity index (χ3v) is 4.81. The van der Waals surface area contributed by atoms with Crippen LogP contribution in [0.1, 0.15) is 30.9 Å². The summed E-state index contributed by atoms with van der Waals surface area (Å²) in [5, 5.41) is 3.90. The summed E-state index contributed by atoms with van der Waals surface area (Å²) in [7, 11) is 0. The number of fused-ring (bicyclic) bond motifs is 1. The zero-order chi connectivity index (χ0) is 20.6. The molecule has 0 radical (unpaired) electrons. The van der Waals surface area contributed by atoms with Gasteiger partial charge < -0.3 is 15.0 Å². The maximum Gasteiger partial charge on any atom is 0.306 e. The predicted molar refractivity (Wildman–Crippen MR) is 110 cm³/mol. The molecule has 1 amide bonds. The highest BCUT2D eigenvalue weighted by molar-refractivity contribution is 5.84. The Morgan fingerprint density at radius 2 is 1.86 bits per heavy atom. The molecule has 29 heavy (non-hydrogen) atoms. The molecule has 0 aliphatic heterocycles. The van der Waals surface area contributed by atoms with Crippen molar-refractivity contribution in [3.63, 3.8) is 0 Å². The lowest BCUT2D eigenvalue weighted by Gasteiger charge is -2.13. The summed E-state index contributed by atoms with van der Waals surface area (Å²) in [6.07, 6.45) is 3.37.